The Kier molecular flexibility index (Phi) is 2.74. The normalized spacial score (nSPS) is 21.3. The van der Waals surface area contributed by atoms with Crippen LogP contribution in [-0.2, 0) is 16.0 Å². The smallest absolute Gasteiger partial charge is 0.310 e. The van der Waals surface area contributed by atoms with Crippen molar-refractivity contribution >= 4 is 17.3 Å². The zero-order chi connectivity index (χ0) is 9.97. The van der Waals surface area contributed by atoms with Crippen LogP contribution >= 0.6 is 11.3 Å². The highest BCUT2D eigenvalue weighted by molar-refractivity contribution is 7.11. The summed E-state index contributed by atoms with van der Waals surface area (Å²) in [4.78, 5) is 10.4. The monoisotopic (exact) mass is 214 g/mol. The van der Waals surface area contributed by atoms with Crippen LogP contribution in [0.15, 0.2) is 0 Å². The van der Waals surface area contributed by atoms with Gasteiger partial charge in [-0.2, -0.15) is 0 Å². The second-order valence-corrected chi connectivity index (χ2v) is 4.26. The molecule has 0 aliphatic carbocycles. The lowest BCUT2D eigenvalue weighted by molar-refractivity contribution is -0.136. The molecule has 1 fully saturated rings. The van der Waals surface area contributed by atoms with E-state index in [9.17, 15) is 4.79 Å². The second kappa shape index (κ2) is 4.02. The van der Waals surface area contributed by atoms with Crippen molar-refractivity contribution in [3.8, 4) is 0 Å². The molecule has 0 radical (unpaired) electrons. The average Bonchev–Trinajstić information content (AvgIpc) is 2.69. The summed E-state index contributed by atoms with van der Waals surface area (Å²) in [5.41, 5.74) is 0. The van der Waals surface area contributed by atoms with Gasteiger partial charge in [0.15, 0.2) is 0 Å². The van der Waals surface area contributed by atoms with Gasteiger partial charge in [-0.15, -0.1) is 21.5 Å². The van der Waals surface area contributed by atoms with Crippen LogP contribution in [0.1, 0.15) is 22.4 Å². The molecule has 0 amide bonds. The number of hydrogen-bond acceptors (Lipinski definition) is 5. The molecule has 14 heavy (non-hydrogen) atoms. The summed E-state index contributed by atoms with van der Waals surface area (Å²) < 4.78 is 5.22. The highest BCUT2D eigenvalue weighted by Gasteiger charge is 2.22. The number of ether oxygens (including phenoxy) is 1. The topological polar surface area (TPSA) is 72.3 Å². The summed E-state index contributed by atoms with van der Waals surface area (Å²) in [7, 11) is 0. The zero-order valence-electron chi connectivity index (χ0n) is 7.47. The first-order valence-electron chi connectivity index (χ1n) is 4.37. The van der Waals surface area contributed by atoms with E-state index in [-0.39, 0.29) is 6.42 Å². The Balaban J connectivity index is 2.05. The maximum atomic E-state index is 10.4. The third-order valence-corrected chi connectivity index (χ3v) is 3.15. The molecule has 2 heterocycles. The van der Waals surface area contributed by atoms with Crippen molar-refractivity contribution in [2.45, 2.75) is 18.8 Å². The molecule has 1 atom stereocenters. The fraction of sp³-hybridized carbons (Fsp3) is 0.625. The van der Waals surface area contributed by atoms with Crippen molar-refractivity contribution in [1.82, 2.24) is 10.2 Å². The van der Waals surface area contributed by atoms with Gasteiger partial charge in [-0.3, -0.25) is 4.79 Å². The molecule has 1 aliphatic rings. The largest absolute Gasteiger partial charge is 0.481 e. The van der Waals surface area contributed by atoms with Crippen LogP contribution in [0.5, 0.6) is 0 Å². The van der Waals surface area contributed by atoms with Crippen LogP contribution < -0.4 is 0 Å². The molecular formula is C8H10N2O3S. The number of aromatic nitrogens is 2. The highest BCUT2D eigenvalue weighted by Crippen LogP contribution is 2.27. The predicted octanol–water partition coefficient (Wildman–Crippen LogP) is 0.669. The molecule has 1 aromatic rings. The van der Waals surface area contributed by atoms with Crippen molar-refractivity contribution in [2.75, 3.05) is 13.2 Å². The van der Waals surface area contributed by atoms with Crippen molar-refractivity contribution in [1.29, 1.82) is 0 Å². The maximum Gasteiger partial charge on any atom is 0.310 e. The van der Waals surface area contributed by atoms with E-state index in [1.54, 1.807) is 0 Å². The third-order valence-electron chi connectivity index (χ3n) is 2.06. The molecule has 76 valence electrons. The van der Waals surface area contributed by atoms with E-state index in [0.717, 1.165) is 18.0 Å². The van der Waals surface area contributed by atoms with Gasteiger partial charge in [-0.05, 0) is 6.42 Å². The molecule has 0 aromatic carbocycles. The van der Waals surface area contributed by atoms with Gasteiger partial charge in [-0.1, -0.05) is 0 Å². The Morgan fingerprint density at radius 1 is 1.64 bits per heavy atom. The fourth-order valence-electron chi connectivity index (χ4n) is 1.36. The summed E-state index contributed by atoms with van der Waals surface area (Å²) in [6.07, 6.45) is 0.924. The van der Waals surface area contributed by atoms with E-state index in [2.05, 4.69) is 10.2 Å². The van der Waals surface area contributed by atoms with E-state index in [1.807, 2.05) is 0 Å². The molecule has 0 bridgehead atoms. The highest BCUT2D eigenvalue weighted by atomic mass is 32.1. The Morgan fingerprint density at radius 2 is 2.50 bits per heavy atom. The number of carbonyl (C=O) groups is 1. The molecule has 0 spiro atoms. The van der Waals surface area contributed by atoms with Crippen LogP contribution in [0.25, 0.3) is 0 Å². The molecule has 5 nitrogen and oxygen atoms in total. The standard InChI is InChI=1S/C8H10N2O3S/c11-7(12)3-6-9-10-8(14-6)5-1-2-13-4-5/h5H,1-4H2,(H,11,12). The minimum absolute atomic E-state index is 0.0365. The fourth-order valence-corrected chi connectivity index (χ4v) is 2.31. The average molecular weight is 214 g/mol. The Labute approximate surface area is 84.7 Å². The summed E-state index contributed by atoms with van der Waals surface area (Å²) in [5.74, 6) is -0.551. The van der Waals surface area contributed by atoms with Gasteiger partial charge in [0.05, 0.1) is 13.0 Å². The number of rotatable bonds is 3. The van der Waals surface area contributed by atoms with Gasteiger partial charge >= 0.3 is 5.97 Å². The lowest BCUT2D eigenvalue weighted by Crippen LogP contribution is -1.98. The summed E-state index contributed by atoms with van der Waals surface area (Å²) >= 11 is 1.38. The first-order valence-corrected chi connectivity index (χ1v) is 5.19. The first kappa shape index (κ1) is 9.54. The molecule has 1 unspecified atom stereocenters. The van der Waals surface area contributed by atoms with Crippen LogP contribution in [0, 0.1) is 0 Å². The van der Waals surface area contributed by atoms with Gasteiger partial charge in [0.1, 0.15) is 10.0 Å². The first-order chi connectivity index (χ1) is 6.75. The quantitative estimate of drug-likeness (QED) is 0.800. The van der Waals surface area contributed by atoms with Crippen LogP contribution in [0.4, 0.5) is 0 Å². The molecule has 1 N–H and O–H groups in total. The number of aliphatic carboxylic acids is 1. The van der Waals surface area contributed by atoms with E-state index >= 15 is 0 Å². The maximum absolute atomic E-state index is 10.4. The van der Waals surface area contributed by atoms with Gasteiger partial charge in [-0.25, -0.2) is 0 Å². The molecule has 6 heteroatoms. The summed E-state index contributed by atoms with van der Waals surface area (Å²) in [6.45, 7) is 1.44. The van der Waals surface area contributed by atoms with Crippen LogP contribution in [0.3, 0.4) is 0 Å². The van der Waals surface area contributed by atoms with Crippen LogP contribution in [0.2, 0.25) is 0 Å². The van der Waals surface area contributed by atoms with Gasteiger partial charge < -0.3 is 9.84 Å². The van der Waals surface area contributed by atoms with Crippen LogP contribution in [-0.4, -0.2) is 34.5 Å². The van der Waals surface area contributed by atoms with Gasteiger partial charge in [0.2, 0.25) is 0 Å². The molecule has 0 saturated carbocycles. The lowest BCUT2D eigenvalue weighted by atomic mass is 10.1. The SMILES string of the molecule is O=C(O)Cc1nnc(C2CCOC2)s1. The third kappa shape index (κ3) is 2.08. The van der Waals surface area contributed by atoms with Crippen molar-refractivity contribution in [3.63, 3.8) is 0 Å². The van der Waals surface area contributed by atoms with Gasteiger partial charge in [0, 0.05) is 12.5 Å². The molecule has 2 rings (SSSR count). The van der Waals surface area contributed by atoms with E-state index in [4.69, 9.17) is 9.84 Å². The van der Waals surface area contributed by atoms with E-state index in [1.165, 1.54) is 11.3 Å². The minimum Gasteiger partial charge on any atom is -0.481 e. The Morgan fingerprint density at radius 3 is 3.14 bits per heavy atom. The number of nitrogens with zero attached hydrogens (tertiary/aromatic N) is 2. The summed E-state index contributed by atoms with van der Waals surface area (Å²) in [5, 5.41) is 17.8. The molecule has 1 aliphatic heterocycles. The van der Waals surface area contributed by atoms with Crippen molar-refractivity contribution in [2.24, 2.45) is 0 Å². The second-order valence-electron chi connectivity index (χ2n) is 3.17. The minimum atomic E-state index is -0.865. The lowest BCUT2D eigenvalue weighted by Gasteiger charge is -1.98. The number of carboxylic acids is 1. The summed E-state index contributed by atoms with van der Waals surface area (Å²) in [6, 6.07) is 0. The van der Waals surface area contributed by atoms with Crippen molar-refractivity contribution in [3.05, 3.63) is 10.0 Å². The Bertz CT molecular complexity index is 333. The van der Waals surface area contributed by atoms with Gasteiger partial charge in [0.25, 0.3) is 0 Å². The number of carboxylic acid groups (broad SMARTS) is 1. The van der Waals surface area contributed by atoms with E-state index in [0.29, 0.717) is 17.5 Å². The number of hydrogen-bond donors (Lipinski definition) is 1. The Hall–Kier alpha value is -1.01. The molecule has 1 aromatic heterocycles. The zero-order valence-corrected chi connectivity index (χ0v) is 8.29. The van der Waals surface area contributed by atoms with Crippen molar-refractivity contribution < 1.29 is 14.6 Å². The molecule has 1 saturated heterocycles. The van der Waals surface area contributed by atoms with E-state index < -0.39 is 5.97 Å². The predicted molar refractivity (Wildman–Crippen MR) is 49.4 cm³/mol. The molecular weight excluding hydrogens is 204 g/mol.